The van der Waals surface area contributed by atoms with Crippen LogP contribution in [0.5, 0.6) is 0 Å². The lowest BCUT2D eigenvalue weighted by Gasteiger charge is -2.34. The van der Waals surface area contributed by atoms with Crippen LogP contribution in [0.25, 0.3) is 0 Å². The molecule has 3 nitrogen and oxygen atoms in total. The van der Waals surface area contributed by atoms with Gasteiger partial charge in [-0.2, -0.15) is 0 Å². The first kappa shape index (κ1) is 14.8. The van der Waals surface area contributed by atoms with Gasteiger partial charge in [0.1, 0.15) is 0 Å². The summed E-state index contributed by atoms with van der Waals surface area (Å²) in [6, 6.07) is 7.68. The molecule has 0 bridgehead atoms. The fourth-order valence-electron chi connectivity index (χ4n) is 3.02. The molecule has 19 heavy (non-hydrogen) atoms. The van der Waals surface area contributed by atoms with Crippen molar-refractivity contribution in [2.45, 2.75) is 6.42 Å². The molecule has 104 valence electrons. The van der Waals surface area contributed by atoms with Gasteiger partial charge in [-0.25, -0.2) is 0 Å². The number of carbonyl (C=O) groups is 1. The van der Waals surface area contributed by atoms with Gasteiger partial charge in [-0.05, 0) is 59.4 Å². The Bertz CT molecular complexity index is 469. The summed E-state index contributed by atoms with van der Waals surface area (Å²) in [6.07, 6.45) is 1.13. The number of fused-ring (bicyclic) bond motifs is 1. The van der Waals surface area contributed by atoms with E-state index in [2.05, 4.69) is 21.2 Å². The van der Waals surface area contributed by atoms with Crippen LogP contribution in [0, 0.1) is 11.8 Å². The number of carbonyl (C=O) groups excluding carboxylic acids is 1. The molecule has 3 rings (SSSR count). The van der Waals surface area contributed by atoms with Gasteiger partial charge in [0, 0.05) is 17.6 Å². The minimum absolute atomic E-state index is 0. The topological polar surface area (TPSA) is 32.3 Å². The van der Waals surface area contributed by atoms with E-state index in [1.165, 1.54) is 0 Å². The molecular weight excluding hydrogens is 328 g/mol. The highest BCUT2D eigenvalue weighted by Crippen LogP contribution is 2.28. The molecular formula is C14H18BrClN2O. The Hall–Kier alpha value is -0.580. The smallest absolute Gasteiger partial charge is 0.255 e. The first-order valence-electron chi connectivity index (χ1n) is 6.50. The van der Waals surface area contributed by atoms with Crippen molar-refractivity contribution in [3.8, 4) is 0 Å². The number of nitrogens with zero attached hydrogens (tertiary/aromatic N) is 1. The number of amides is 1. The van der Waals surface area contributed by atoms with Crippen LogP contribution in [-0.4, -0.2) is 37.0 Å². The van der Waals surface area contributed by atoms with Gasteiger partial charge in [-0.15, -0.1) is 12.4 Å². The van der Waals surface area contributed by atoms with Gasteiger partial charge in [0.25, 0.3) is 5.91 Å². The van der Waals surface area contributed by atoms with Crippen LogP contribution in [0.2, 0.25) is 0 Å². The zero-order valence-corrected chi connectivity index (χ0v) is 13.0. The molecule has 1 aromatic rings. The summed E-state index contributed by atoms with van der Waals surface area (Å²) in [5.74, 6) is 1.58. The second-order valence-electron chi connectivity index (χ2n) is 5.20. The van der Waals surface area contributed by atoms with Gasteiger partial charge in [0.2, 0.25) is 0 Å². The number of hydrogen-bond acceptors (Lipinski definition) is 2. The van der Waals surface area contributed by atoms with Crippen molar-refractivity contribution in [3.05, 3.63) is 34.3 Å². The minimum atomic E-state index is 0. The quantitative estimate of drug-likeness (QED) is 0.848. The molecule has 2 aliphatic rings. The standard InChI is InChI=1S/C14H17BrN2O.ClH/c15-13-4-2-1-3-12(13)14(18)17-6-5-10-7-16-8-11(10)9-17;/h1-4,10-11,16H,5-9H2;1H. The van der Waals surface area contributed by atoms with Gasteiger partial charge in [-0.3, -0.25) is 4.79 Å². The summed E-state index contributed by atoms with van der Waals surface area (Å²) < 4.78 is 0.890. The molecule has 1 amide bonds. The molecule has 2 atom stereocenters. The van der Waals surface area contributed by atoms with Gasteiger partial charge in [0.05, 0.1) is 5.56 Å². The Morgan fingerprint density at radius 2 is 2.00 bits per heavy atom. The van der Waals surface area contributed by atoms with E-state index in [9.17, 15) is 4.79 Å². The van der Waals surface area contributed by atoms with Crippen LogP contribution in [0.4, 0.5) is 0 Å². The number of piperidine rings is 1. The second kappa shape index (κ2) is 6.25. The molecule has 2 aliphatic heterocycles. The molecule has 2 heterocycles. The van der Waals surface area contributed by atoms with E-state index in [1.807, 2.05) is 29.2 Å². The van der Waals surface area contributed by atoms with Crippen molar-refractivity contribution in [1.82, 2.24) is 10.2 Å². The molecule has 0 radical (unpaired) electrons. The lowest BCUT2D eigenvalue weighted by atomic mass is 9.88. The molecule has 2 unspecified atom stereocenters. The zero-order valence-electron chi connectivity index (χ0n) is 10.6. The monoisotopic (exact) mass is 344 g/mol. The molecule has 1 N–H and O–H groups in total. The molecule has 0 aromatic heterocycles. The van der Waals surface area contributed by atoms with Crippen LogP contribution in [0.1, 0.15) is 16.8 Å². The number of likely N-dealkylation sites (tertiary alicyclic amines) is 1. The molecule has 5 heteroatoms. The van der Waals surface area contributed by atoms with E-state index in [0.717, 1.165) is 48.6 Å². The number of rotatable bonds is 1. The molecule has 0 spiro atoms. The number of hydrogen-bond donors (Lipinski definition) is 1. The van der Waals surface area contributed by atoms with Gasteiger partial charge in [-0.1, -0.05) is 12.1 Å². The lowest BCUT2D eigenvalue weighted by Crippen LogP contribution is -2.43. The average Bonchev–Trinajstić information content (AvgIpc) is 2.85. The number of nitrogens with one attached hydrogen (secondary N) is 1. The average molecular weight is 346 g/mol. The fourth-order valence-corrected chi connectivity index (χ4v) is 3.48. The summed E-state index contributed by atoms with van der Waals surface area (Å²) in [5, 5.41) is 3.43. The van der Waals surface area contributed by atoms with Crippen LogP contribution in [0.3, 0.4) is 0 Å². The Balaban J connectivity index is 0.00000133. The Morgan fingerprint density at radius 1 is 1.26 bits per heavy atom. The summed E-state index contributed by atoms with van der Waals surface area (Å²) >= 11 is 3.46. The highest BCUT2D eigenvalue weighted by molar-refractivity contribution is 9.10. The summed E-state index contributed by atoms with van der Waals surface area (Å²) in [7, 11) is 0. The third-order valence-corrected chi connectivity index (χ3v) is 4.79. The molecule has 1 aromatic carbocycles. The second-order valence-corrected chi connectivity index (χ2v) is 6.05. The Kier molecular flexibility index (Phi) is 4.87. The van der Waals surface area contributed by atoms with E-state index in [1.54, 1.807) is 0 Å². The summed E-state index contributed by atoms with van der Waals surface area (Å²) in [4.78, 5) is 14.5. The van der Waals surface area contributed by atoms with Crippen LogP contribution in [-0.2, 0) is 0 Å². The van der Waals surface area contributed by atoms with E-state index >= 15 is 0 Å². The summed E-state index contributed by atoms with van der Waals surface area (Å²) in [5.41, 5.74) is 0.780. The minimum Gasteiger partial charge on any atom is -0.338 e. The van der Waals surface area contributed by atoms with Crippen LogP contribution in [0.15, 0.2) is 28.7 Å². The molecule has 2 fully saturated rings. The third kappa shape index (κ3) is 2.96. The zero-order chi connectivity index (χ0) is 12.5. The maximum Gasteiger partial charge on any atom is 0.255 e. The Morgan fingerprint density at radius 3 is 2.79 bits per heavy atom. The maximum absolute atomic E-state index is 12.5. The van der Waals surface area contributed by atoms with Gasteiger partial charge < -0.3 is 10.2 Å². The molecule has 2 saturated heterocycles. The third-order valence-electron chi connectivity index (χ3n) is 4.10. The summed E-state index contributed by atoms with van der Waals surface area (Å²) in [6.45, 7) is 3.98. The van der Waals surface area contributed by atoms with Crippen molar-refractivity contribution in [1.29, 1.82) is 0 Å². The van der Waals surface area contributed by atoms with Crippen molar-refractivity contribution < 1.29 is 4.79 Å². The predicted octanol–water partition coefficient (Wildman–Crippen LogP) is 2.55. The van der Waals surface area contributed by atoms with Gasteiger partial charge >= 0.3 is 0 Å². The molecule has 0 aliphatic carbocycles. The highest BCUT2D eigenvalue weighted by Gasteiger charge is 2.34. The lowest BCUT2D eigenvalue weighted by molar-refractivity contribution is 0.0641. The highest BCUT2D eigenvalue weighted by atomic mass is 79.9. The normalized spacial score (nSPS) is 25.6. The number of benzene rings is 1. The molecule has 0 saturated carbocycles. The van der Waals surface area contributed by atoms with E-state index < -0.39 is 0 Å². The van der Waals surface area contributed by atoms with Crippen LogP contribution >= 0.6 is 28.3 Å². The first-order valence-corrected chi connectivity index (χ1v) is 7.29. The largest absolute Gasteiger partial charge is 0.338 e. The Labute approximate surface area is 128 Å². The van der Waals surface area contributed by atoms with Gasteiger partial charge in [0.15, 0.2) is 0 Å². The van der Waals surface area contributed by atoms with E-state index in [0.29, 0.717) is 5.92 Å². The van der Waals surface area contributed by atoms with Crippen molar-refractivity contribution >= 4 is 34.2 Å². The van der Waals surface area contributed by atoms with E-state index in [4.69, 9.17) is 0 Å². The SMILES string of the molecule is Cl.O=C(c1ccccc1Br)N1CCC2CNCC2C1. The predicted molar refractivity (Wildman–Crippen MR) is 81.8 cm³/mol. The number of halogens is 2. The first-order chi connectivity index (χ1) is 8.75. The fraction of sp³-hybridized carbons (Fsp3) is 0.500. The van der Waals surface area contributed by atoms with Crippen LogP contribution < -0.4 is 5.32 Å². The van der Waals surface area contributed by atoms with Crippen molar-refractivity contribution in [2.24, 2.45) is 11.8 Å². The maximum atomic E-state index is 12.5. The van der Waals surface area contributed by atoms with Crippen molar-refractivity contribution in [2.75, 3.05) is 26.2 Å². The van der Waals surface area contributed by atoms with E-state index in [-0.39, 0.29) is 18.3 Å². The van der Waals surface area contributed by atoms with Crippen molar-refractivity contribution in [3.63, 3.8) is 0 Å².